The van der Waals surface area contributed by atoms with Gasteiger partial charge in [0.15, 0.2) is 0 Å². The Balaban J connectivity index is 1.66. The maximum absolute atomic E-state index is 13.1. The van der Waals surface area contributed by atoms with Crippen molar-refractivity contribution in [2.45, 2.75) is 33.9 Å². The molecule has 0 saturated carbocycles. The molecule has 0 saturated heterocycles. The lowest BCUT2D eigenvalue weighted by molar-refractivity contribution is 0.0816. The molecule has 2 amide bonds. The van der Waals surface area contributed by atoms with Gasteiger partial charge >= 0.3 is 0 Å². The average molecular weight is 444 g/mol. The number of nitrogens with zero attached hydrogens (tertiary/aromatic N) is 4. The number of carbonyl (C=O) groups is 2. The fourth-order valence-electron chi connectivity index (χ4n) is 4.11. The molecule has 0 aliphatic rings. The minimum absolute atomic E-state index is 0.204. The SMILES string of the molecule is CCn1ncc(NC(=O)c2ccc3c(c2)c(C)c(C)n3Cc2ccccc2)c1C(=O)N(C)C. The van der Waals surface area contributed by atoms with Crippen molar-refractivity contribution in [3.05, 3.63) is 82.8 Å². The molecule has 0 aliphatic heterocycles. The highest BCUT2D eigenvalue weighted by Crippen LogP contribution is 2.28. The Hall–Kier alpha value is -3.87. The van der Waals surface area contributed by atoms with Gasteiger partial charge in [-0.1, -0.05) is 30.3 Å². The van der Waals surface area contributed by atoms with Crippen molar-refractivity contribution in [1.82, 2.24) is 19.2 Å². The van der Waals surface area contributed by atoms with E-state index >= 15 is 0 Å². The normalized spacial score (nSPS) is 11.1. The van der Waals surface area contributed by atoms with Crippen molar-refractivity contribution < 1.29 is 9.59 Å². The Morgan fingerprint density at radius 3 is 2.45 bits per heavy atom. The molecule has 170 valence electrons. The number of hydrogen-bond donors (Lipinski definition) is 1. The molecule has 0 atom stereocenters. The molecule has 2 aromatic carbocycles. The molecular formula is C26H29N5O2. The van der Waals surface area contributed by atoms with Crippen LogP contribution in [-0.2, 0) is 13.1 Å². The van der Waals surface area contributed by atoms with Crippen molar-refractivity contribution in [2.24, 2.45) is 0 Å². The topological polar surface area (TPSA) is 72.2 Å². The van der Waals surface area contributed by atoms with E-state index in [4.69, 9.17) is 0 Å². The first kappa shape index (κ1) is 22.3. The lowest BCUT2D eigenvalue weighted by atomic mass is 10.1. The summed E-state index contributed by atoms with van der Waals surface area (Å²) in [5, 5.41) is 8.19. The van der Waals surface area contributed by atoms with Gasteiger partial charge in [-0.3, -0.25) is 14.3 Å². The van der Waals surface area contributed by atoms with E-state index in [-0.39, 0.29) is 11.8 Å². The Bertz CT molecular complexity index is 1330. The molecule has 0 bridgehead atoms. The van der Waals surface area contributed by atoms with Crippen LogP contribution in [0.1, 0.15) is 44.6 Å². The minimum atomic E-state index is -0.270. The second-order valence-corrected chi connectivity index (χ2v) is 8.39. The number of anilines is 1. The molecule has 0 radical (unpaired) electrons. The number of aromatic nitrogens is 3. The molecule has 0 fully saturated rings. The van der Waals surface area contributed by atoms with Crippen LogP contribution in [0, 0.1) is 13.8 Å². The van der Waals surface area contributed by atoms with Crippen LogP contribution < -0.4 is 5.32 Å². The Morgan fingerprint density at radius 2 is 1.79 bits per heavy atom. The zero-order chi connectivity index (χ0) is 23.7. The Kier molecular flexibility index (Phi) is 6.05. The van der Waals surface area contributed by atoms with Crippen LogP contribution in [0.3, 0.4) is 0 Å². The van der Waals surface area contributed by atoms with Crippen molar-refractivity contribution >= 4 is 28.4 Å². The van der Waals surface area contributed by atoms with Crippen LogP contribution in [0.2, 0.25) is 0 Å². The van der Waals surface area contributed by atoms with Crippen molar-refractivity contribution in [1.29, 1.82) is 0 Å². The number of aryl methyl sites for hydroxylation is 2. The predicted molar refractivity (Wildman–Crippen MR) is 131 cm³/mol. The highest BCUT2D eigenvalue weighted by atomic mass is 16.2. The molecule has 7 nitrogen and oxygen atoms in total. The molecule has 0 aliphatic carbocycles. The molecule has 33 heavy (non-hydrogen) atoms. The Morgan fingerprint density at radius 1 is 1.06 bits per heavy atom. The first-order valence-electron chi connectivity index (χ1n) is 11.0. The minimum Gasteiger partial charge on any atom is -0.343 e. The number of carbonyl (C=O) groups excluding carboxylic acids is 2. The number of amides is 2. The van der Waals surface area contributed by atoms with Crippen LogP contribution >= 0.6 is 0 Å². The van der Waals surface area contributed by atoms with Crippen LogP contribution in [0.15, 0.2) is 54.7 Å². The summed E-state index contributed by atoms with van der Waals surface area (Å²) in [6, 6.07) is 16.1. The molecule has 7 heteroatoms. The molecule has 0 unspecified atom stereocenters. The lowest BCUT2D eigenvalue weighted by Crippen LogP contribution is -2.26. The molecule has 1 N–H and O–H groups in total. The quantitative estimate of drug-likeness (QED) is 0.478. The number of benzene rings is 2. The van der Waals surface area contributed by atoms with E-state index in [0.29, 0.717) is 23.5 Å². The third kappa shape index (κ3) is 4.14. The summed E-state index contributed by atoms with van der Waals surface area (Å²) in [5.74, 6) is -0.474. The van der Waals surface area contributed by atoms with Crippen molar-refractivity contribution in [2.75, 3.05) is 19.4 Å². The number of rotatable bonds is 6. The van der Waals surface area contributed by atoms with Gasteiger partial charge in [-0.25, -0.2) is 0 Å². The molecule has 0 spiro atoms. The number of fused-ring (bicyclic) bond motifs is 1. The zero-order valence-electron chi connectivity index (χ0n) is 19.7. The smallest absolute Gasteiger partial charge is 0.273 e. The van der Waals surface area contributed by atoms with Crippen molar-refractivity contribution in [3.8, 4) is 0 Å². The third-order valence-corrected chi connectivity index (χ3v) is 6.08. The highest BCUT2D eigenvalue weighted by Gasteiger charge is 2.22. The van der Waals surface area contributed by atoms with Gasteiger partial charge < -0.3 is 14.8 Å². The van der Waals surface area contributed by atoms with Crippen LogP contribution in [0.25, 0.3) is 10.9 Å². The van der Waals surface area contributed by atoms with Gasteiger partial charge in [-0.15, -0.1) is 0 Å². The number of nitrogens with one attached hydrogen (secondary N) is 1. The second kappa shape index (κ2) is 8.94. The maximum Gasteiger partial charge on any atom is 0.273 e. The summed E-state index contributed by atoms with van der Waals surface area (Å²) < 4.78 is 3.87. The van der Waals surface area contributed by atoms with E-state index in [1.807, 2.05) is 43.3 Å². The van der Waals surface area contributed by atoms with Gasteiger partial charge in [-0.05, 0) is 50.1 Å². The van der Waals surface area contributed by atoms with Gasteiger partial charge in [0.05, 0.1) is 11.9 Å². The molecule has 2 aromatic heterocycles. The summed E-state index contributed by atoms with van der Waals surface area (Å²) in [4.78, 5) is 27.2. The Labute approximate surface area is 193 Å². The van der Waals surface area contributed by atoms with Gasteiger partial charge in [0.1, 0.15) is 5.69 Å². The zero-order valence-corrected chi connectivity index (χ0v) is 19.7. The first-order chi connectivity index (χ1) is 15.8. The van der Waals surface area contributed by atoms with Crippen LogP contribution in [0.4, 0.5) is 5.69 Å². The third-order valence-electron chi connectivity index (χ3n) is 6.08. The fourth-order valence-corrected chi connectivity index (χ4v) is 4.11. The van der Waals surface area contributed by atoms with Crippen LogP contribution in [0.5, 0.6) is 0 Å². The summed E-state index contributed by atoms with van der Waals surface area (Å²) in [7, 11) is 3.36. The fraction of sp³-hybridized carbons (Fsp3) is 0.269. The van der Waals surface area contributed by atoms with Gasteiger partial charge in [0.25, 0.3) is 11.8 Å². The second-order valence-electron chi connectivity index (χ2n) is 8.39. The van der Waals surface area contributed by atoms with Gasteiger partial charge in [-0.2, -0.15) is 5.10 Å². The standard InChI is InChI=1S/C26H29N5O2/c1-6-31-24(26(33)29(4)5)22(15-27-31)28-25(32)20-12-13-23-21(14-20)17(2)18(3)30(23)16-19-10-8-7-9-11-19/h7-15H,6,16H2,1-5H3,(H,28,32). The molecule has 4 aromatic rings. The van der Waals surface area contributed by atoms with E-state index in [1.54, 1.807) is 18.8 Å². The van der Waals surface area contributed by atoms with Gasteiger partial charge in [0, 0.05) is 49.3 Å². The van der Waals surface area contributed by atoms with E-state index in [1.165, 1.54) is 22.4 Å². The summed E-state index contributed by atoms with van der Waals surface area (Å²) >= 11 is 0. The van der Waals surface area contributed by atoms with E-state index in [0.717, 1.165) is 23.0 Å². The maximum atomic E-state index is 13.1. The first-order valence-corrected chi connectivity index (χ1v) is 11.0. The van der Waals surface area contributed by atoms with E-state index < -0.39 is 0 Å². The molecule has 4 rings (SSSR count). The highest BCUT2D eigenvalue weighted by molar-refractivity contribution is 6.09. The van der Waals surface area contributed by atoms with E-state index in [9.17, 15) is 9.59 Å². The molecule has 2 heterocycles. The monoisotopic (exact) mass is 443 g/mol. The lowest BCUT2D eigenvalue weighted by Gasteiger charge is -2.13. The predicted octanol–water partition coefficient (Wildman–Crippen LogP) is 4.48. The average Bonchev–Trinajstić information content (AvgIpc) is 3.33. The summed E-state index contributed by atoms with van der Waals surface area (Å²) in [6.07, 6.45) is 1.53. The summed E-state index contributed by atoms with van der Waals surface area (Å²) in [5.41, 5.74) is 5.97. The van der Waals surface area contributed by atoms with E-state index in [2.05, 4.69) is 41.0 Å². The molecular weight excluding hydrogens is 414 g/mol. The van der Waals surface area contributed by atoms with Crippen LogP contribution in [-0.4, -0.2) is 45.2 Å². The summed E-state index contributed by atoms with van der Waals surface area (Å²) in [6.45, 7) is 7.40. The van der Waals surface area contributed by atoms with Crippen molar-refractivity contribution in [3.63, 3.8) is 0 Å². The van der Waals surface area contributed by atoms with Gasteiger partial charge in [0.2, 0.25) is 0 Å². The largest absolute Gasteiger partial charge is 0.343 e. The number of hydrogen-bond acceptors (Lipinski definition) is 3.